The summed E-state index contributed by atoms with van der Waals surface area (Å²) in [5.74, 6) is 8.66. The van der Waals surface area contributed by atoms with Crippen molar-refractivity contribution < 1.29 is 28.8 Å². The van der Waals surface area contributed by atoms with Crippen LogP contribution in [-0.2, 0) is 28.8 Å². The zero-order chi connectivity index (χ0) is 37.1. The van der Waals surface area contributed by atoms with Crippen molar-refractivity contribution in [2.24, 2.45) is 0 Å². The van der Waals surface area contributed by atoms with E-state index in [4.69, 9.17) is 0 Å². The van der Waals surface area contributed by atoms with Gasteiger partial charge in [0.05, 0.1) is 34.5 Å². The molecule has 0 saturated carbocycles. The molecule has 0 aromatic rings. The number of ketones is 4. The van der Waals surface area contributed by atoms with Crippen molar-refractivity contribution in [2.75, 3.05) is 70.6 Å². The Hall–Kier alpha value is 1.12. The van der Waals surface area contributed by atoms with Gasteiger partial charge >= 0.3 is 0 Å². The van der Waals surface area contributed by atoms with E-state index < -0.39 is 0 Å². The Morgan fingerprint density at radius 1 is 0.383 bits per heavy atom. The first-order chi connectivity index (χ1) is 22.3. The second kappa shape index (κ2) is 51.5. The van der Waals surface area contributed by atoms with Gasteiger partial charge < -0.3 is 10.6 Å². The van der Waals surface area contributed by atoms with Crippen molar-refractivity contribution >= 4 is 143 Å². The summed E-state index contributed by atoms with van der Waals surface area (Å²) in [5, 5.41) is 5.35. The van der Waals surface area contributed by atoms with Crippen LogP contribution >= 0.6 is 108 Å². The number of rotatable bonds is 24. The van der Waals surface area contributed by atoms with Gasteiger partial charge in [-0.05, 0) is 48.0 Å². The molecule has 0 aliphatic rings. The maximum Gasteiger partial charge on any atom is 0.230 e. The lowest BCUT2D eigenvalue weighted by Gasteiger charge is -1.99. The molecule has 0 spiro atoms. The predicted molar refractivity (Wildman–Crippen MR) is 232 cm³/mol. The van der Waals surface area contributed by atoms with Crippen molar-refractivity contribution in [3.8, 4) is 0 Å². The summed E-state index contributed by atoms with van der Waals surface area (Å²) in [6, 6.07) is 0. The average Bonchev–Trinajstić information content (AvgIpc) is 2.99. The van der Waals surface area contributed by atoms with E-state index in [0.717, 1.165) is 11.5 Å². The minimum absolute atomic E-state index is 0.0264. The van der Waals surface area contributed by atoms with E-state index in [9.17, 15) is 28.8 Å². The highest BCUT2D eigenvalue weighted by Gasteiger charge is 2.01. The van der Waals surface area contributed by atoms with Crippen molar-refractivity contribution in [2.45, 2.75) is 75.7 Å². The molecule has 0 bridgehead atoms. The first kappa shape index (κ1) is 57.5. The fourth-order valence-electron chi connectivity index (χ4n) is 1.58. The largest absolute Gasteiger partial charge is 0.356 e. The lowest BCUT2D eigenvalue weighted by molar-refractivity contribution is -0.119. The zero-order valence-electron chi connectivity index (χ0n) is 29.7. The van der Waals surface area contributed by atoms with Crippen LogP contribution in [0.3, 0.4) is 0 Å². The quantitative estimate of drug-likeness (QED) is 0.0708. The van der Waals surface area contributed by atoms with Crippen LogP contribution in [0.4, 0.5) is 0 Å². The second-order valence-electron chi connectivity index (χ2n) is 8.33. The van der Waals surface area contributed by atoms with Crippen molar-refractivity contribution in [1.82, 2.24) is 10.6 Å². The number of hydrogen-bond acceptors (Lipinski definition) is 16. The summed E-state index contributed by atoms with van der Waals surface area (Å²) in [6.45, 7) is 20.0. The second-order valence-corrected chi connectivity index (χ2v) is 21.6. The summed E-state index contributed by atoms with van der Waals surface area (Å²) >= 11 is 0. The third-order valence-electron chi connectivity index (χ3n) is 3.23. The van der Waals surface area contributed by atoms with Crippen LogP contribution in [0.1, 0.15) is 75.7 Å². The van der Waals surface area contributed by atoms with Crippen LogP contribution in [0.25, 0.3) is 0 Å². The van der Waals surface area contributed by atoms with E-state index in [1.54, 1.807) is 70.9 Å². The number of carbonyl (C=O) groups excluding carboxylic acids is 6. The fraction of sp³-hybridized carbons (Fsp3) is 0.793. The molecule has 0 unspecified atom stereocenters. The van der Waals surface area contributed by atoms with Gasteiger partial charge in [-0.2, -0.15) is 0 Å². The number of Topliss-reactive ketones (excluding diaryl/α,β-unsaturated/α-hetero) is 4. The molecule has 47 heavy (non-hydrogen) atoms. The topological polar surface area (TPSA) is 126 Å². The van der Waals surface area contributed by atoms with Crippen LogP contribution in [0, 0.1) is 0 Å². The van der Waals surface area contributed by atoms with Gasteiger partial charge in [0.2, 0.25) is 11.8 Å². The van der Waals surface area contributed by atoms with Crippen molar-refractivity contribution in [3.05, 3.63) is 0 Å². The minimum atomic E-state index is 0.0264. The Morgan fingerprint density at radius 2 is 0.638 bits per heavy atom. The summed E-state index contributed by atoms with van der Waals surface area (Å²) in [4.78, 5) is 63.2. The van der Waals surface area contributed by atoms with Crippen LogP contribution in [0.2, 0.25) is 0 Å². The molecule has 0 aromatic carbocycles. The van der Waals surface area contributed by atoms with Gasteiger partial charge in [0.25, 0.3) is 0 Å². The maximum absolute atomic E-state index is 10.9. The lowest BCUT2D eigenvalue weighted by Crippen LogP contribution is -2.24. The summed E-state index contributed by atoms with van der Waals surface area (Å²) in [7, 11) is 16.3. The normalized spacial score (nSPS) is 9.40. The fourth-order valence-corrected chi connectivity index (χ4v) is 10.4. The molecule has 18 heteroatoms. The van der Waals surface area contributed by atoms with Gasteiger partial charge in [0.15, 0.2) is 0 Å². The molecule has 0 atom stereocenters. The van der Waals surface area contributed by atoms with Crippen LogP contribution in [0.5, 0.6) is 0 Å². The molecule has 0 heterocycles. The Balaban J connectivity index is -0.000000159. The molecule has 8 nitrogen and oxygen atoms in total. The minimum Gasteiger partial charge on any atom is -0.356 e. The van der Waals surface area contributed by atoms with Gasteiger partial charge in [-0.15, -0.1) is 0 Å². The standard InChI is InChI=1S/2C7H13NO2S2.2C5H10OS2.C5H12S2/c2*1-3-8-7(10)5-12-11-4-6(2)9;2*1-3-7-8-4-5(2)6;1-3-5-7-6-4-2/h2*3-5H2,1-2H3,(H,8,10);2*3-4H2,1-2H3;3-5H2,1-2H3. The lowest BCUT2D eigenvalue weighted by atomic mass is 10.5. The molecule has 2 N–H and O–H groups in total. The highest BCUT2D eigenvalue weighted by Crippen LogP contribution is 2.22. The highest BCUT2D eigenvalue weighted by molar-refractivity contribution is 8.78. The summed E-state index contributed by atoms with van der Waals surface area (Å²) in [6.07, 6.45) is 1.30. The number of nitrogens with one attached hydrogen (secondary N) is 2. The van der Waals surface area contributed by atoms with Crippen LogP contribution in [0.15, 0.2) is 0 Å². The molecule has 0 saturated heterocycles. The van der Waals surface area contributed by atoms with Crippen LogP contribution in [-0.4, -0.2) is 106 Å². The molecule has 2 amide bonds. The molecule has 280 valence electrons. The zero-order valence-corrected chi connectivity index (χ0v) is 37.9. The molecule has 0 rings (SSSR count). The van der Waals surface area contributed by atoms with E-state index in [-0.39, 0.29) is 34.9 Å². The van der Waals surface area contributed by atoms with E-state index in [1.807, 2.05) is 35.4 Å². The van der Waals surface area contributed by atoms with E-state index >= 15 is 0 Å². The Labute approximate surface area is 325 Å². The average molecular weight is 851 g/mol. The number of amides is 2. The molecular formula is C29H58N2O6S10. The molecular weight excluding hydrogens is 793 g/mol. The third kappa shape index (κ3) is 77.8. The van der Waals surface area contributed by atoms with Crippen molar-refractivity contribution in [1.29, 1.82) is 0 Å². The number of hydrogen-bond donors (Lipinski definition) is 2. The highest BCUT2D eigenvalue weighted by atomic mass is 33.1. The van der Waals surface area contributed by atoms with Gasteiger partial charge in [0.1, 0.15) is 23.1 Å². The molecule has 0 aliphatic carbocycles. The van der Waals surface area contributed by atoms with Gasteiger partial charge in [-0.25, -0.2) is 0 Å². The van der Waals surface area contributed by atoms with Crippen molar-refractivity contribution in [3.63, 3.8) is 0 Å². The third-order valence-corrected chi connectivity index (χ3v) is 15.4. The Morgan fingerprint density at radius 3 is 0.872 bits per heavy atom. The van der Waals surface area contributed by atoms with Gasteiger partial charge in [0, 0.05) is 36.1 Å². The smallest absolute Gasteiger partial charge is 0.230 e. The molecule has 0 fully saturated rings. The Bertz CT molecular complexity index is 709. The maximum atomic E-state index is 10.9. The summed E-state index contributed by atoms with van der Waals surface area (Å²) in [5.41, 5.74) is 0. The van der Waals surface area contributed by atoms with E-state index in [2.05, 4.69) is 38.3 Å². The summed E-state index contributed by atoms with van der Waals surface area (Å²) < 4.78 is 0. The Kier molecular flexibility index (Phi) is 62.9. The predicted octanol–water partition coefficient (Wildman–Crippen LogP) is 8.94. The van der Waals surface area contributed by atoms with Crippen LogP contribution < -0.4 is 10.6 Å². The monoisotopic (exact) mass is 850 g/mol. The molecule has 0 radical (unpaired) electrons. The van der Waals surface area contributed by atoms with E-state index in [0.29, 0.717) is 47.6 Å². The van der Waals surface area contributed by atoms with E-state index in [1.165, 1.54) is 61.1 Å². The first-order valence-corrected chi connectivity index (χ1v) is 27.5. The SMILES string of the molecule is CCCSSCC.CCNC(=O)CSSCC(C)=O.CCNC(=O)CSSCC(C)=O.CCSSCC(C)=O.CCSSCC(C)=O. The molecule has 0 aliphatic heterocycles. The molecule has 0 aromatic heterocycles. The first-order valence-electron chi connectivity index (χ1n) is 15.0. The van der Waals surface area contributed by atoms with Gasteiger partial charge in [-0.1, -0.05) is 136 Å². The van der Waals surface area contributed by atoms with Gasteiger partial charge in [-0.3, -0.25) is 28.8 Å². The number of carbonyl (C=O) groups is 6.